The second-order valence-electron chi connectivity index (χ2n) is 4.37. The van der Waals surface area contributed by atoms with Crippen LogP contribution in [0.4, 0.5) is 0 Å². The van der Waals surface area contributed by atoms with Crippen molar-refractivity contribution in [2.45, 2.75) is 17.4 Å². The molecule has 0 aliphatic carbocycles. The van der Waals surface area contributed by atoms with Crippen molar-refractivity contribution in [1.82, 2.24) is 0 Å². The van der Waals surface area contributed by atoms with Crippen molar-refractivity contribution in [3.8, 4) is 0 Å². The van der Waals surface area contributed by atoms with Gasteiger partial charge in [-0.1, -0.05) is 46.9 Å². The van der Waals surface area contributed by atoms with Gasteiger partial charge in [0.1, 0.15) is 0 Å². The van der Waals surface area contributed by atoms with Crippen LogP contribution in [0.3, 0.4) is 0 Å². The molecule has 5 heteroatoms. The molecule has 0 heterocycles. The van der Waals surface area contributed by atoms with Crippen LogP contribution in [-0.4, -0.2) is 17.0 Å². The minimum atomic E-state index is -0.448. The number of halogens is 3. The average Bonchev–Trinajstić information content (AvgIpc) is 2.41. The number of rotatable bonds is 5. The lowest BCUT2D eigenvalue weighted by Gasteiger charge is -2.11. The van der Waals surface area contributed by atoms with E-state index in [0.29, 0.717) is 27.2 Å². The van der Waals surface area contributed by atoms with Crippen molar-refractivity contribution in [1.29, 1.82) is 0 Å². The quantitative estimate of drug-likeness (QED) is 0.736. The Morgan fingerprint density at radius 3 is 2.50 bits per heavy atom. The first-order chi connectivity index (χ1) is 9.54. The molecule has 2 aromatic carbocycles. The first-order valence-electron chi connectivity index (χ1n) is 6.05. The van der Waals surface area contributed by atoms with E-state index in [2.05, 4.69) is 0 Å². The van der Waals surface area contributed by atoms with Gasteiger partial charge in [0.15, 0.2) is 0 Å². The van der Waals surface area contributed by atoms with Gasteiger partial charge in [0, 0.05) is 15.7 Å². The van der Waals surface area contributed by atoms with Crippen LogP contribution in [0.1, 0.15) is 5.56 Å². The fourth-order valence-corrected chi connectivity index (χ4v) is 3.21. The van der Waals surface area contributed by atoms with E-state index in [-0.39, 0.29) is 0 Å². The van der Waals surface area contributed by atoms with Crippen molar-refractivity contribution in [3.05, 3.63) is 63.1 Å². The molecule has 0 aliphatic rings. The molecule has 1 unspecified atom stereocenters. The molecular formula is C15H13Cl3OS. The van der Waals surface area contributed by atoms with E-state index in [1.54, 1.807) is 23.9 Å². The van der Waals surface area contributed by atoms with E-state index < -0.39 is 6.10 Å². The molecule has 106 valence electrons. The third-order valence-electron chi connectivity index (χ3n) is 2.69. The Morgan fingerprint density at radius 2 is 1.80 bits per heavy atom. The zero-order valence-corrected chi connectivity index (χ0v) is 13.6. The van der Waals surface area contributed by atoms with Crippen LogP contribution in [0.25, 0.3) is 0 Å². The zero-order valence-electron chi connectivity index (χ0n) is 10.5. The lowest BCUT2D eigenvalue weighted by Crippen LogP contribution is -2.13. The summed E-state index contributed by atoms with van der Waals surface area (Å²) in [6, 6.07) is 13.0. The highest BCUT2D eigenvalue weighted by Gasteiger charge is 2.08. The number of hydrogen-bond acceptors (Lipinski definition) is 2. The van der Waals surface area contributed by atoms with E-state index in [1.807, 2.05) is 30.3 Å². The van der Waals surface area contributed by atoms with Crippen molar-refractivity contribution in [2.24, 2.45) is 0 Å². The molecule has 1 nitrogen and oxygen atoms in total. The smallest absolute Gasteiger partial charge is 0.0674 e. The maximum absolute atomic E-state index is 10.1. The molecular weight excluding hydrogens is 335 g/mol. The minimum absolute atomic E-state index is 0.448. The highest BCUT2D eigenvalue weighted by Crippen LogP contribution is 2.25. The van der Waals surface area contributed by atoms with Crippen molar-refractivity contribution < 1.29 is 5.11 Å². The molecule has 0 aliphatic heterocycles. The SMILES string of the molecule is OC(CSc1cccc(Cl)c1)Cc1ccc(Cl)c(Cl)c1. The van der Waals surface area contributed by atoms with E-state index in [1.165, 1.54) is 0 Å². The van der Waals surface area contributed by atoms with Crippen LogP contribution >= 0.6 is 46.6 Å². The zero-order chi connectivity index (χ0) is 14.5. The summed E-state index contributed by atoms with van der Waals surface area (Å²) in [5.74, 6) is 0.598. The Labute approximate surface area is 137 Å². The molecule has 0 radical (unpaired) electrons. The predicted molar refractivity (Wildman–Crippen MR) is 88.3 cm³/mol. The van der Waals surface area contributed by atoms with Gasteiger partial charge in [0.25, 0.3) is 0 Å². The molecule has 1 N–H and O–H groups in total. The second kappa shape index (κ2) is 7.58. The Morgan fingerprint density at radius 1 is 1.00 bits per heavy atom. The number of hydrogen-bond donors (Lipinski definition) is 1. The van der Waals surface area contributed by atoms with Gasteiger partial charge in [-0.15, -0.1) is 11.8 Å². The molecule has 0 amide bonds. The molecule has 0 saturated carbocycles. The molecule has 0 aromatic heterocycles. The Balaban J connectivity index is 1.89. The standard InChI is InChI=1S/C15H13Cl3OS/c16-11-2-1-3-13(8-11)20-9-12(19)6-10-4-5-14(17)15(18)7-10/h1-5,7-8,12,19H,6,9H2. The first kappa shape index (κ1) is 16.0. The third kappa shape index (κ3) is 4.87. The first-order valence-corrected chi connectivity index (χ1v) is 8.17. The monoisotopic (exact) mass is 346 g/mol. The normalized spacial score (nSPS) is 12.4. The van der Waals surface area contributed by atoms with Crippen LogP contribution in [0, 0.1) is 0 Å². The molecule has 1 atom stereocenters. The summed E-state index contributed by atoms with van der Waals surface area (Å²) < 4.78 is 0. The molecule has 2 aromatic rings. The number of thioether (sulfide) groups is 1. The molecule has 0 bridgehead atoms. The maximum atomic E-state index is 10.1. The van der Waals surface area contributed by atoms with E-state index in [9.17, 15) is 5.11 Å². The van der Waals surface area contributed by atoms with Gasteiger partial charge < -0.3 is 5.11 Å². The van der Waals surface area contributed by atoms with Crippen LogP contribution in [0.5, 0.6) is 0 Å². The van der Waals surface area contributed by atoms with Crippen LogP contribution in [0.15, 0.2) is 47.4 Å². The van der Waals surface area contributed by atoms with Gasteiger partial charge in [0.05, 0.1) is 16.1 Å². The topological polar surface area (TPSA) is 20.2 Å². The largest absolute Gasteiger partial charge is 0.392 e. The van der Waals surface area contributed by atoms with Gasteiger partial charge in [-0.3, -0.25) is 0 Å². The fourth-order valence-electron chi connectivity index (χ4n) is 1.75. The van der Waals surface area contributed by atoms with E-state index >= 15 is 0 Å². The summed E-state index contributed by atoms with van der Waals surface area (Å²) in [5.41, 5.74) is 0.971. The summed E-state index contributed by atoms with van der Waals surface area (Å²) >= 11 is 19.3. The van der Waals surface area contributed by atoms with Crippen molar-refractivity contribution in [3.63, 3.8) is 0 Å². The Bertz CT molecular complexity index is 589. The average molecular weight is 348 g/mol. The number of aliphatic hydroxyl groups is 1. The molecule has 20 heavy (non-hydrogen) atoms. The fraction of sp³-hybridized carbons (Fsp3) is 0.200. The van der Waals surface area contributed by atoms with Crippen LogP contribution in [-0.2, 0) is 6.42 Å². The van der Waals surface area contributed by atoms with E-state index in [0.717, 1.165) is 10.5 Å². The van der Waals surface area contributed by atoms with Crippen molar-refractivity contribution >= 4 is 46.6 Å². The Kier molecular flexibility index (Phi) is 6.06. The number of aliphatic hydroxyl groups excluding tert-OH is 1. The second-order valence-corrected chi connectivity index (χ2v) is 6.72. The highest BCUT2D eigenvalue weighted by molar-refractivity contribution is 7.99. The minimum Gasteiger partial charge on any atom is -0.392 e. The van der Waals surface area contributed by atoms with Gasteiger partial charge in [-0.25, -0.2) is 0 Å². The summed E-state index contributed by atoms with van der Waals surface area (Å²) in [6.45, 7) is 0. The van der Waals surface area contributed by atoms with Gasteiger partial charge in [0.2, 0.25) is 0 Å². The lowest BCUT2D eigenvalue weighted by molar-refractivity contribution is 0.200. The van der Waals surface area contributed by atoms with Gasteiger partial charge in [-0.2, -0.15) is 0 Å². The molecule has 0 saturated heterocycles. The predicted octanol–water partition coefficient (Wildman–Crippen LogP) is 5.34. The lowest BCUT2D eigenvalue weighted by atomic mass is 10.1. The third-order valence-corrected chi connectivity index (χ3v) is 4.81. The summed E-state index contributed by atoms with van der Waals surface area (Å²) in [6.07, 6.45) is 0.0981. The summed E-state index contributed by atoms with van der Waals surface area (Å²) in [5, 5.41) is 11.8. The molecule has 2 rings (SSSR count). The molecule has 0 fully saturated rings. The summed E-state index contributed by atoms with van der Waals surface area (Å²) in [7, 11) is 0. The van der Waals surface area contributed by atoms with Gasteiger partial charge >= 0.3 is 0 Å². The summed E-state index contributed by atoms with van der Waals surface area (Å²) in [4.78, 5) is 1.05. The Hall–Kier alpha value is -0.380. The van der Waals surface area contributed by atoms with Gasteiger partial charge in [-0.05, 0) is 42.3 Å². The van der Waals surface area contributed by atoms with Crippen molar-refractivity contribution in [2.75, 3.05) is 5.75 Å². The maximum Gasteiger partial charge on any atom is 0.0674 e. The van der Waals surface area contributed by atoms with Crippen LogP contribution < -0.4 is 0 Å². The number of benzene rings is 2. The van der Waals surface area contributed by atoms with Crippen LogP contribution in [0.2, 0.25) is 15.1 Å². The van der Waals surface area contributed by atoms with E-state index in [4.69, 9.17) is 34.8 Å². The molecule has 0 spiro atoms. The highest BCUT2D eigenvalue weighted by atomic mass is 35.5.